The Morgan fingerprint density at radius 2 is 2.06 bits per heavy atom. The lowest BCUT2D eigenvalue weighted by Crippen LogP contribution is -2.36. The van der Waals surface area contributed by atoms with E-state index in [0.29, 0.717) is 0 Å². The van der Waals surface area contributed by atoms with Crippen LogP contribution in [0.25, 0.3) is 0 Å². The van der Waals surface area contributed by atoms with Gasteiger partial charge in [-0.1, -0.05) is 23.8 Å². The fourth-order valence-corrected chi connectivity index (χ4v) is 2.37. The summed E-state index contributed by atoms with van der Waals surface area (Å²) >= 11 is 7.51. The molecule has 0 bridgehead atoms. The SMILES string of the molecule is CC(C)(C)NCCC=CCc1ccc(Cl)s1. The van der Waals surface area contributed by atoms with Crippen molar-refractivity contribution in [3.8, 4) is 0 Å². The Morgan fingerprint density at radius 1 is 1.31 bits per heavy atom. The third-order valence-corrected chi connectivity index (χ3v) is 3.33. The van der Waals surface area contributed by atoms with Gasteiger partial charge in [0.25, 0.3) is 0 Å². The third-order valence-electron chi connectivity index (χ3n) is 2.08. The largest absolute Gasteiger partial charge is 0.312 e. The minimum Gasteiger partial charge on any atom is -0.312 e. The summed E-state index contributed by atoms with van der Waals surface area (Å²) in [5, 5.41) is 3.45. The van der Waals surface area contributed by atoms with Crippen molar-refractivity contribution in [3.05, 3.63) is 33.5 Å². The standard InChI is InChI=1S/C13H20ClNS/c1-13(2,3)15-10-6-4-5-7-11-8-9-12(14)16-11/h4-5,8-9,15H,6-7,10H2,1-3H3. The van der Waals surface area contributed by atoms with Crippen LogP contribution in [0.1, 0.15) is 32.1 Å². The number of halogens is 1. The fourth-order valence-electron chi connectivity index (χ4n) is 1.31. The Labute approximate surface area is 108 Å². The van der Waals surface area contributed by atoms with E-state index in [4.69, 9.17) is 11.6 Å². The van der Waals surface area contributed by atoms with Crippen LogP contribution < -0.4 is 5.32 Å². The second-order valence-electron chi connectivity index (χ2n) is 4.85. The zero-order chi connectivity index (χ0) is 12.0. The first kappa shape index (κ1) is 13.8. The minimum atomic E-state index is 0.217. The second kappa shape index (κ2) is 6.43. The minimum absolute atomic E-state index is 0.217. The van der Waals surface area contributed by atoms with Crippen molar-refractivity contribution in [2.24, 2.45) is 0 Å². The fraction of sp³-hybridized carbons (Fsp3) is 0.538. The molecule has 0 saturated carbocycles. The van der Waals surface area contributed by atoms with Gasteiger partial charge in [0.15, 0.2) is 0 Å². The molecule has 1 nitrogen and oxygen atoms in total. The Hall–Kier alpha value is -0.310. The summed E-state index contributed by atoms with van der Waals surface area (Å²) < 4.78 is 0.873. The van der Waals surface area contributed by atoms with E-state index in [9.17, 15) is 0 Å². The average molecular weight is 258 g/mol. The Bertz CT molecular complexity index is 336. The van der Waals surface area contributed by atoms with Gasteiger partial charge in [-0.2, -0.15) is 0 Å². The van der Waals surface area contributed by atoms with Crippen LogP contribution in [0.3, 0.4) is 0 Å². The molecule has 0 aromatic carbocycles. The van der Waals surface area contributed by atoms with Crippen LogP contribution in [0.2, 0.25) is 4.34 Å². The first-order chi connectivity index (χ1) is 7.47. The highest BCUT2D eigenvalue weighted by Crippen LogP contribution is 2.21. The molecule has 0 aliphatic heterocycles. The predicted molar refractivity (Wildman–Crippen MR) is 74.5 cm³/mol. The van der Waals surface area contributed by atoms with E-state index < -0.39 is 0 Å². The first-order valence-electron chi connectivity index (χ1n) is 5.61. The van der Waals surface area contributed by atoms with Gasteiger partial charge in [0.2, 0.25) is 0 Å². The lowest BCUT2D eigenvalue weighted by Gasteiger charge is -2.19. The van der Waals surface area contributed by atoms with Gasteiger partial charge in [0.1, 0.15) is 0 Å². The molecule has 0 amide bonds. The van der Waals surface area contributed by atoms with Gasteiger partial charge in [-0.25, -0.2) is 0 Å². The first-order valence-corrected chi connectivity index (χ1v) is 6.81. The third kappa shape index (κ3) is 6.31. The quantitative estimate of drug-likeness (QED) is 0.613. The van der Waals surface area contributed by atoms with Gasteiger partial charge >= 0.3 is 0 Å². The molecular formula is C13H20ClNS. The Balaban J connectivity index is 2.14. The summed E-state index contributed by atoms with van der Waals surface area (Å²) in [5.41, 5.74) is 0.217. The number of hydrogen-bond acceptors (Lipinski definition) is 2. The molecule has 1 N–H and O–H groups in total. The van der Waals surface area contributed by atoms with Gasteiger partial charge in [-0.15, -0.1) is 11.3 Å². The van der Waals surface area contributed by atoms with Gasteiger partial charge < -0.3 is 5.32 Å². The molecule has 0 atom stereocenters. The smallest absolute Gasteiger partial charge is 0.0931 e. The van der Waals surface area contributed by atoms with Crippen LogP contribution >= 0.6 is 22.9 Å². The molecule has 0 fully saturated rings. The maximum absolute atomic E-state index is 5.86. The Kier molecular flexibility index (Phi) is 5.53. The van der Waals surface area contributed by atoms with Crippen LogP contribution in [0, 0.1) is 0 Å². The molecule has 0 spiro atoms. The summed E-state index contributed by atoms with van der Waals surface area (Å²) in [6.45, 7) is 7.59. The van der Waals surface area contributed by atoms with Crippen molar-refractivity contribution >= 4 is 22.9 Å². The molecule has 1 heterocycles. The maximum atomic E-state index is 5.86. The van der Waals surface area contributed by atoms with Gasteiger partial charge in [0.05, 0.1) is 4.34 Å². The van der Waals surface area contributed by atoms with E-state index in [1.165, 1.54) is 4.88 Å². The zero-order valence-corrected chi connectivity index (χ0v) is 11.8. The van der Waals surface area contributed by atoms with Gasteiger partial charge in [-0.3, -0.25) is 0 Å². The molecule has 0 aliphatic carbocycles. The number of allylic oxidation sites excluding steroid dienone is 1. The number of nitrogens with one attached hydrogen (secondary N) is 1. The van der Waals surface area contributed by atoms with E-state index in [1.54, 1.807) is 11.3 Å². The van der Waals surface area contributed by atoms with Crippen molar-refractivity contribution in [1.82, 2.24) is 5.32 Å². The lowest BCUT2D eigenvalue weighted by atomic mass is 10.1. The summed E-state index contributed by atoms with van der Waals surface area (Å²) in [4.78, 5) is 1.32. The Morgan fingerprint density at radius 3 is 2.62 bits per heavy atom. The second-order valence-corrected chi connectivity index (χ2v) is 6.65. The summed E-state index contributed by atoms with van der Waals surface area (Å²) in [5.74, 6) is 0. The molecule has 1 aromatic heterocycles. The van der Waals surface area contributed by atoms with Crippen LogP contribution in [-0.4, -0.2) is 12.1 Å². The highest BCUT2D eigenvalue weighted by Gasteiger charge is 2.06. The topological polar surface area (TPSA) is 12.0 Å². The van der Waals surface area contributed by atoms with Crippen LogP contribution in [0.15, 0.2) is 24.3 Å². The summed E-state index contributed by atoms with van der Waals surface area (Å²) in [6, 6.07) is 4.04. The molecule has 3 heteroatoms. The van der Waals surface area contributed by atoms with Crippen LogP contribution in [-0.2, 0) is 6.42 Å². The highest BCUT2D eigenvalue weighted by molar-refractivity contribution is 7.16. The molecule has 90 valence electrons. The van der Waals surface area contributed by atoms with E-state index in [1.807, 2.05) is 6.07 Å². The molecule has 0 aliphatic rings. The van der Waals surface area contributed by atoms with Crippen molar-refractivity contribution in [1.29, 1.82) is 0 Å². The van der Waals surface area contributed by atoms with Crippen LogP contribution in [0.4, 0.5) is 0 Å². The van der Waals surface area contributed by atoms with Crippen molar-refractivity contribution in [2.45, 2.75) is 39.2 Å². The molecule has 0 radical (unpaired) electrons. The molecule has 1 rings (SSSR count). The molecule has 1 aromatic rings. The monoisotopic (exact) mass is 257 g/mol. The molecule has 0 saturated heterocycles. The molecule has 0 unspecified atom stereocenters. The molecular weight excluding hydrogens is 238 g/mol. The molecule has 16 heavy (non-hydrogen) atoms. The summed E-state index contributed by atoms with van der Waals surface area (Å²) in [7, 11) is 0. The van der Waals surface area contributed by atoms with Crippen LogP contribution in [0.5, 0.6) is 0 Å². The van der Waals surface area contributed by atoms with Gasteiger partial charge in [0, 0.05) is 10.4 Å². The number of hydrogen-bond donors (Lipinski definition) is 1. The van der Waals surface area contributed by atoms with E-state index >= 15 is 0 Å². The normalized spacial score (nSPS) is 12.5. The number of rotatable bonds is 5. The zero-order valence-electron chi connectivity index (χ0n) is 10.2. The lowest BCUT2D eigenvalue weighted by molar-refractivity contribution is 0.431. The van der Waals surface area contributed by atoms with E-state index in [2.05, 4.69) is 44.3 Å². The highest BCUT2D eigenvalue weighted by atomic mass is 35.5. The van der Waals surface area contributed by atoms with Crippen molar-refractivity contribution in [3.63, 3.8) is 0 Å². The average Bonchev–Trinajstić information content (AvgIpc) is 2.56. The van der Waals surface area contributed by atoms with Crippen molar-refractivity contribution < 1.29 is 0 Å². The predicted octanol–water partition coefficient (Wildman–Crippen LogP) is 4.28. The van der Waals surface area contributed by atoms with E-state index in [-0.39, 0.29) is 5.54 Å². The number of thiophene rings is 1. The van der Waals surface area contributed by atoms with Gasteiger partial charge in [-0.05, 0) is 52.3 Å². The summed E-state index contributed by atoms with van der Waals surface area (Å²) in [6.07, 6.45) is 6.52. The van der Waals surface area contributed by atoms with E-state index in [0.717, 1.165) is 23.7 Å². The maximum Gasteiger partial charge on any atom is 0.0931 e. The van der Waals surface area contributed by atoms with Crippen molar-refractivity contribution in [2.75, 3.05) is 6.54 Å².